The maximum atomic E-state index is 12.4. The largest absolute Gasteiger partial charge is 0.452 e. The van der Waals surface area contributed by atoms with E-state index in [0.29, 0.717) is 0 Å². The molecule has 2 atom stereocenters. The Kier molecular flexibility index (Phi) is 6.08. The number of nitrogens with zero attached hydrogens (tertiary/aromatic N) is 1. The summed E-state index contributed by atoms with van der Waals surface area (Å²) >= 11 is 5.92. The number of halogens is 1. The summed E-state index contributed by atoms with van der Waals surface area (Å²) < 4.78 is 27.8. The van der Waals surface area contributed by atoms with Crippen molar-refractivity contribution in [3.63, 3.8) is 0 Å². The first-order valence-electron chi connectivity index (χ1n) is 7.92. The molecule has 1 saturated heterocycles. The van der Waals surface area contributed by atoms with Crippen LogP contribution in [0.3, 0.4) is 0 Å². The van der Waals surface area contributed by atoms with Crippen molar-refractivity contribution in [1.82, 2.24) is 4.90 Å². The van der Waals surface area contributed by atoms with E-state index in [-0.39, 0.29) is 33.5 Å². The second-order valence-corrected chi connectivity index (χ2v) is 8.16. The molecule has 1 aliphatic heterocycles. The molecular formula is C16H21ClN2O5S. The minimum atomic E-state index is -3.98. The summed E-state index contributed by atoms with van der Waals surface area (Å²) in [5.74, 6) is -1.16. The van der Waals surface area contributed by atoms with Gasteiger partial charge in [0.25, 0.3) is 5.91 Å². The molecule has 0 aromatic heterocycles. The molecule has 1 fully saturated rings. The van der Waals surface area contributed by atoms with Gasteiger partial charge in [-0.15, -0.1) is 0 Å². The number of carbonyl (C=O) groups is 2. The summed E-state index contributed by atoms with van der Waals surface area (Å²) in [5.41, 5.74) is -0.152. The number of nitrogens with two attached hydrogens (primary N) is 1. The molecule has 25 heavy (non-hydrogen) atoms. The van der Waals surface area contributed by atoms with Crippen LogP contribution in [-0.2, 0) is 19.6 Å². The normalized spacial score (nSPS) is 21.0. The number of amides is 1. The summed E-state index contributed by atoms with van der Waals surface area (Å²) in [6, 6.07) is 3.65. The van der Waals surface area contributed by atoms with Crippen LogP contribution in [0.5, 0.6) is 0 Å². The Morgan fingerprint density at radius 1 is 1.28 bits per heavy atom. The van der Waals surface area contributed by atoms with Crippen molar-refractivity contribution >= 4 is 33.5 Å². The fourth-order valence-corrected chi connectivity index (χ4v) is 3.76. The molecule has 138 valence electrons. The van der Waals surface area contributed by atoms with Gasteiger partial charge in [0.1, 0.15) is 0 Å². The predicted octanol–water partition coefficient (Wildman–Crippen LogP) is 1.93. The number of carbonyl (C=O) groups excluding carboxylic acids is 2. The van der Waals surface area contributed by atoms with Crippen molar-refractivity contribution in [2.24, 2.45) is 5.14 Å². The van der Waals surface area contributed by atoms with E-state index in [2.05, 4.69) is 0 Å². The lowest BCUT2D eigenvalue weighted by Gasteiger charge is -2.38. The highest BCUT2D eigenvalue weighted by molar-refractivity contribution is 7.89. The maximum Gasteiger partial charge on any atom is 0.340 e. The van der Waals surface area contributed by atoms with E-state index in [4.69, 9.17) is 21.5 Å². The molecule has 0 spiro atoms. The fraction of sp³-hybridized carbons (Fsp3) is 0.500. The van der Waals surface area contributed by atoms with Crippen LogP contribution in [0.1, 0.15) is 43.5 Å². The van der Waals surface area contributed by atoms with Gasteiger partial charge >= 0.3 is 5.97 Å². The third-order valence-electron chi connectivity index (χ3n) is 4.29. The molecule has 1 aromatic carbocycles. The van der Waals surface area contributed by atoms with E-state index in [1.807, 2.05) is 13.8 Å². The smallest absolute Gasteiger partial charge is 0.340 e. The zero-order chi connectivity index (χ0) is 18.8. The average Bonchev–Trinajstić information content (AvgIpc) is 2.51. The van der Waals surface area contributed by atoms with E-state index in [0.717, 1.165) is 25.3 Å². The number of likely N-dealkylation sites (tertiary alicyclic amines) is 1. The second-order valence-electron chi connectivity index (χ2n) is 6.19. The maximum absolute atomic E-state index is 12.4. The van der Waals surface area contributed by atoms with E-state index >= 15 is 0 Å². The van der Waals surface area contributed by atoms with Gasteiger partial charge in [0.15, 0.2) is 6.61 Å². The van der Waals surface area contributed by atoms with Crippen LogP contribution >= 0.6 is 11.6 Å². The first-order chi connectivity index (χ1) is 11.6. The predicted molar refractivity (Wildman–Crippen MR) is 92.7 cm³/mol. The van der Waals surface area contributed by atoms with Crippen molar-refractivity contribution in [2.75, 3.05) is 6.61 Å². The van der Waals surface area contributed by atoms with Crippen LogP contribution in [0.25, 0.3) is 0 Å². The van der Waals surface area contributed by atoms with Gasteiger partial charge in [0, 0.05) is 12.1 Å². The van der Waals surface area contributed by atoms with Crippen LogP contribution < -0.4 is 5.14 Å². The van der Waals surface area contributed by atoms with Gasteiger partial charge in [-0.05, 0) is 51.3 Å². The number of hydrogen-bond acceptors (Lipinski definition) is 5. The molecule has 2 N–H and O–H groups in total. The summed E-state index contributed by atoms with van der Waals surface area (Å²) in [6.45, 7) is 3.49. The standard InChI is InChI=1S/C16H21ClN2O5S/c1-10-4-3-5-11(2)19(10)15(20)9-24-16(21)13-8-12(25(18,22)23)6-7-14(13)17/h6-8,10-11H,3-5,9H2,1-2H3,(H2,18,22,23)/t10-,11+. The molecule has 1 aliphatic rings. The Labute approximate surface area is 152 Å². The van der Waals surface area contributed by atoms with Gasteiger partial charge in [0.2, 0.25) is 10.0 Å². The minimum Gasteiger partial charge on any atom is -0.452 e. The van der Waals surface area contributed by atoms with Crippen LogP contribution in [0.4, 0.5) is 0 Å². The SMILES string of the molecule is C[C@@H]1CCC[C@H](C)N1C(=O)COC(=O)c1cc(S(N)(=O)=O)ccc1Cl. The average molecular weight is 389 g/mol. The number of ether oxygens (including phenoxy) is 1. The summed E-state index contributed by atoms with van der Waals surface area (Å²) in [4.78, 5) is 26.0. The fourth-order valence-electron chi connectivity index (χ4n) is 3.03. The molecule has 1 aromatic rings. The van der Waals surface area contributed by atoms with Gasteiger partial charge in [-0.3, -0.25) is 4.79 Å². The number of esters is 1. The van der Waals surface area contributed by atoms with Gasteiger partial charge in [0.05, 0.1) is 15.5 Å². The first kappa shape index (κ1) is 19.7. The van der Waals surface area contributed by atoms with E-state index in [1.165, 1.54) is 12.1 Å². The zero-order valence-corrected chi connectivity index (χ0v) is 15.6. The molecule has 1 amide bonds. The Bertz CT molecular complexity index is 771. The molecule has 7 nitrogen and oxygen atoms in total. The molecular weight excluding hydrogens is 368 g/mol. The second kappa shape index (κ2) is 7.72. The number of primary sulfonamides is 1. The lowest BCUT2D eigenvalue weighted by molar-refractivity contribution is -0.140. The quantitative estimate of drug-likeness (QED) is 0.793. The Morgan fingerprint density at radius 3 is 2.44 bits per heavy atom. The van der Waals surface area contributed by atoms with Crippen molar-refractivity contribution in [1.29, 1.82) is 0 Å². The third kappa shape index (κ3) is 4.71. The molecule has 0 bridgehead atoms. The van der Waals surface area contributed by atoms with Crippen LogP contribution in [0, 0.1) is 0 Å². The highest BCUT2D eigenvalue weighted by Crippen LogP contribution is 2.23. The summed E-state index contributed by atoms with van der Waals surface area (Å²) in [5, 5.41) is 5.06. The number of hydrogen-bond donors (Lipinski definition) is 1. The molecule has 0 unspecified atom stereocenters. The van der Waals surface area contributed by atoms with Gasteiger partial charge < -0.3 is 9.64 Å². The van der Waals surface area contributed by atoms with Crippen LogP contribution in [0.2, 0.25) is 5.02 Å². The topological polar surface area (TPSA) is 107 Å². The van der Waals surface area contributed by atoms with E-state index in [9.17, 15) is 18.0 Å². The van der Waals surface area contributed by atoms with E-state index in [1.54, 1.807) is 4.90 Å². The lowest BCUT2D eigenvalue weighted by atomic mass is 9.97. The molecule has 2 rings (SSSR count). The molecule has 0 saturated carbocycles. The van der Waals surface area contributed by atoms with E-state index < -0.39 is 22.6 Å². The highest BCUT2D eigenvalue weighted by Gasteiger charge is 2.29. The summed E-state index contributed by atoms with van der Waals surface area (Å²) in [6.07, 6.45) is 2.88. The van der Waals surface area contributed by atoms with Crippen LogP contribution in [-0.4, -0.2) is 43.9 Å². The Morgan fingerprint density at radius 2 is 1.88 bits per heavy atom. The van der Waals surface area contributed by atoms with Gasteiger partial charge in [-0.2, -0.15) is 0 Å². The van der Waals surface area contributed by atoms with Crippen molar-refractivity contribution in [3.8, 4) is 0 Å². The van der Waals surface area contributed by atoms with Gasteiger partial charge in [-0.1, -0.05) is 11.6 Å². The number of sulfonamides is 1. The highest BCUT2D eigenvalue weighted by atomic mass is 35.5. The molecule has 0 aliphatic carbocycles. The first-order valence-corrected chi connectivity index (χ1v) is 9.84. The monoisotopic (exact) mass is 388 g/mol. The Balaban J connectivity index is 2.09. The van der Waals surface area contributed by atoms with Crippen molar-refractivity contribution < 1.29 is 22.7 Å². The molecule has 0 radical (unpaired) electrons. The Hall–Kier alpha value is -1.64. The summed E-state index contributed by atoms with van der Waals surface area (Å²) in [7, 11) is -3.98. The molecule has 9 heteroatoms. The zero-order valence-electron chi connectivity index (χ0n) is 14.1. The minimum absolute atomic E-state index is 0.0181. The van der Waals surface area contributed by atoms with Gasteiger partial charge in [-0.25, -0.2) is 18.4 Å². The third-order valence-corrected chi connectivity index (χ3v) is 5.54. The number of benzene rings is 1. The van der Waals surface area contributed by atoms with Crippen LogP contribution in [0.15, 0.2) is 23.1 Å². The van der Waals surface area contributed by atoms with Crippen molar-refractivity contribution in [2.45, 2.75) is 50.1 Å². The lowest BCUT2D eigenvalue weighted by Crippen LogP contribution is -2.49. The number of piperidine rings is 1. The van der Waals surface area contributed by atoms with Crippen molar-refractivity contribution in [3.05, 3.63) is 28.8 Å². The number of rotatable bonds is 4. The molecule has 1 heterocycles.